The fourth-order valence-corrected chi connectivity index (χ4v) is 4.20. The number of urea groups is 1. The van der Waals surface area contributed by atoms with Gasteiger partial charge in [-0.2, -0.15) is 0 Å². The van der Waals surface area contributed by atoms with Crippen LogP contribution in [0.15, 0.2) is 60.7 Å². The fraction of sp³-hybridized carbons (Fsp3) is 0.370. The molecule has 1 fully saturated rings. The third-order valence-corrected chi connectivity index (χ3v) is 6.38. The topological polar surface area (TPSA) is 125 Å². The minimum atomic E-state index is -1.14. The van der Waals surface area contributed by atoms with Gasteiger partial charge in [-0.3, -0.25) is 29.4 Å². The van der Waals surface area contributed by atoms with Crippen molar-refractivity contribution in [3.05, 3.63) is 66.2 Å². The third kappa shape index (κ3) is 6.16. The highest BCUT2D eigenvalue weighted by Gasteiger charge is 2.46. The van der Waals surface area contributed by atoms with Gasteiger partial charge in [0.1, 0.15) is 5.92 Å². The van der Waals surface area contributed by atoms with E-state index in [0.29, 0.717) is 5.69 Å². The minimum Gasteiger partial charge on any atom is -0.346 e. The van der Waals surface area contributed by atoms with Gasteiger partial charge in [-0.15, -0.1) is 0 Å². The zero-order chi connectivity index (χ0) is 26.4. The zero-order valence-corrected chi connectivity index (χ0v) is 20.9. The lowest BCUT2D eigenvalue weighted by Gasteiger charge is -2.27. The average Bonchev–Trinajstić information content (AvgIpc) is 3.12. The van der Waals surface area contributed by atoms with Gasteiger partial charge in [0.2, 0.25) is 17.7 Å². The Bertz CT molecular complexity index is 1120. The first-order valence-electron chi connectivity index (χ1n) is 11.9. The Morgan fingerprint density at radius 1 is 0.917 bits per heavy atom. The molecule has 9 heteroatoms. The molecule has 0 aliphatic carbocycles. The van der Waals surface area contributed by atoms with Gasteiger partial charge < -0.3 is 10.6 Å². The van der Waals surface area contributed by atoms with Crippen molar-refractivity contribution < 1.29 is 24.0 Å². The number of carbonyl (C=O) groups is 5. The van der Waals surface area contributed by atoms with Gasteiger partial charge in [-0.1, -0.05) is 69.3 Å². The van der Waals surface area contributed by atoms with Crippen LogP contribution < -0.4 is 20.9 Å². The molecule has 4 atom stereocenters. The van der Waals surface area contributed by atoms with E-state index in [9.17, 15) is 24.0 Å². The van der Waals surface area contributed by atoms with Gasteiger partial charge in [0.15, 0.2) is 5.78 Å². The Morgan fingerprint density at radius 3 is 2.03 bits per heavy atom. The molecule has 1 aliphatic rings. The number of hydrogen-bond acceptors (Lipinski definition) is 5. The molecule has 190 valence electrons. The molecule has 0 unspecified atom stereocenters. The van der Waals surface area contributed by atoms with Gasteiger partial charge in [0, 0.05) is 12.7 Å². The second-order valence-corrected chi connectivity index (χ2v) is 9.32. The molecule has 9 nitrogen and oxygen atoms in total. The molecule has 0 spiro atoms. The molecular weight excluding hydrogens is 460 g/mol. The number of rotatable bonds is 9. The predicted octanol–water partition coefficient (Wildman–Crippen LogP) is 2.58. The standard InChI is InChI=1S/C27H32N4O5/c1-16(2)23(24(33)22-17(3)25(34)30-26(22)35)29-21(32)15-20(18-11-7-5-8-12-18)28-27(36)31(4)19-13-9-6-10-14-19/h5-14,16-17,20,22-23H,15H2,1-4H3,(H,28,36)(H,29,32)(H,30,34,35)/t17-,20-,22+,23-/m0/s1. The molecule has 2 aromatic carbocycles. The molecule has 36 heavy (non-hydrogen) atoms. The number of benzene rings is 2. The summed E-state index contributed by atoms with van der Waals surface area (Å²) in [6.07, 6.45) is -0.125. The van der Waals surface area contributed by atoms with Crippen LogP contribution in [0.4, 0.5) is 10.5 Å². The van der Waals surface area contributed by atoms with E-state index < -0.39 is 53.5 Å². The first kappa shape index (κ1) is 26.6. The summed E-state index contributed by atoms with van der Waals surface area (Å²) in [7, 11) is 1.63. The number of ketones is 1. The maximum Gasteiger partial charge on any atom is 0.322 e. The molecule has 3 N–H and O–H groups in total. The van der Waals surface area contributed by atoms with Crippen molar-refractivity contribution in [2.24, 2.45) is 17.8 Å². The SMILES string of the molecule is CC(C)[C@H](NC(=O)C[C@H](NC(=O)N(C)c1ccccc1)c1ccccc1)C(=O)[C@@H]1C(=O)NC(=O)[C@H]1C. The predicted molar refractivity (Wildman–Crippen MR) is 135 cm³/mol. The van der Waals surface area contributed by atoms with E-state index in [1.165, 1.54) is 11.8 Å². The van der Waals surface area contributed by atoms with Gasteiger partial charge in [0.25, 0.3) is 0 Å². The molecule has 0 bridgehead atoms. The molecule has 1 saturated heterocycles. The van der Waals surface area contributed by atoms with Gasteiger partial charge in [-0.25, -0.2) is 4.79 Å². The molecule has 2 aromatic rings. The van der Waals surface area contributed by atoms with Crippen LogP contribution in [0.5, 0.6) is 0 Å². The Hall–Kier alpha value is -4.01. The molecule has 5 amide bonds. The lowest BCUT2D eigenvalue weighted by molar-refractivity contribution is -0.137. The third-order valence-electron chi connectivity index (χ3n) is 6.38. The van der Waals surface area contributed by atoms with Crippen LogP contribution in [0.2, 0.25) is 0 Å². The first-order chi connectivity index (χ1) is 17.1. The molecule has 1 aliphatic heterocycles. The smallest absolute Gasteiger partial charge is 0.322 e. The summed E-state index contributed by atoms with van der Waals surface area (Å²) in [6, 6.07) is 16.2. The second-order valence-electron chi connectivity index (χ2n) is 9.32. The number of amides is 5. The quantitative estimate of drug-likeness (QED) is 0.367. The van der Waals surface area contributed by atoms with E-state index in [0.717, 1.165) is 5.56 Å². The van der Waals surface area contributed by atoms with E-state index in [4.69, 9.17) is 0 Å². The largest absolute Gasteiger partial charge is 0.346 e. The second kappa shape index (κ2) is 11.6. The van der Waals surface area contributed by atoms with Crippen LogP contribution in [0.3, 0.4) is 0 Å². The summed E-state index contributed by atoms with van der Waals surface area (Å²) >= 11 is 0. The lowest BCUT2D eigenvalue weighted by Crippen LogP contribution is -2.50. The summed E-state index contributed by atoms with van der Waals surface area (Å²) in [6.45, 7) is 5.03. The van der Waals surface area contributed by atoms with Crippen molar-refractivity contribution in [1.82, 2.24) is 16.0 Å². The maximum atomic E-state index is 13.2. The number of anilines is 1. The average molecular weight is 493 g/mol. The molecule has 3 rings (SSSR count). The van der Waals surface area contributed by atoms with Crippen LogP contribution in [0.25, 0.3) is 0 Å². The summed E-state index contributed by atoms with van der Waals surface area (Å²) in [5, 5.41) is 7.82. The van der Waals surface area contributed by atoms with E-state index in [1.807, 2.05) is 48.5 Å². The Labute approximate surface area is 210 Å². The molecular formula is C27H32N4O5. The Balaban J connectivity index is 1.75. The van der Waals surface area contributed by atoms with Gasteiger partial charge in [-0.05, 0) is 23.6 Å². The molecule has 0 aromatic heterocycles. The molecule has 0 saturated carbocycles. The molecule has 0 radical (unpaired) electrons. The number of nitrogens with one attached hydrogen (secondary N) is 3. The van der Waals surface area contributed by atoms with E-state index in [1.54, 1.807) is 33.0 Å². The normalized spacial score (nSPS) is 18.8. The molecule has 1 heterocycles. The fourth-order valence-electron chi connectivity index (χ4n) is 4.20. The lowest BCUT2D eigenvalue weighted by atomic mass is 9.85. The van der Waals surface area contributed by atoms with Crippen molar-refractivity contribution >= 4 is 35.2 Å². The number of nitrogens with zero attached hydrogens (tertiary/aromatic N) is 1. The van der Waals surface area contributed by atoms with Crippen molar-refractivity contribution in [3.8, 4) is 0 Å². The van der Waals surface area contributed by atoms with Crippen molar-refractivity contribution in [3.63, 3.8) is 0 Å². The van der Waals surface area contributed by atoms with E-state index in [-0.39, 0.29) is 12.3 Å². The number of carbonyl (C=O) groups excluding carboxylic acids is 5. The Morgan fingerprint density at radius 2 is 1.50 bits per heavy atom. The minimum absolute atomic E-state index is 0.125. The monoisotopic (exact) mass is 492 g/mol. The zero-order valence-electron chi connectivity index (χ0n) is 20.9. The summed E-state index contributed by atoms with van der Waals surface area (Å²) < 4.78 is 0. The summed E-state index contributed by atoms with van der Waals surface area (Å²) in [4.78, 5) is 64.8. The number of Topliss-reactive ketones (excluding diaryl/α,β-unsaturated/α-hetero) is 1. The van der Waals surface area contributed by atoms with Crippen LogP contribution in [-0.2, 0) is 19.2 Å². The van der Waals surface area contributed by atoms with Gasteiger partial charge >= 0.3 is 6.03 Å². The highest BCUT2D eigenvalue weighted by molar-refractivity contribution is 6.16. The van der Waals surface area contributed by atoms with E-state index >= 15 is 0 Å². The number of imide groups is 1. The summed E-state index contributed by atoms with van der Waals surface area (Å²) in [5.41, 5.74) is 1.42. The van der Waals surface area contributed by atoms with Gasteiger partial charge in [0.05, 0.1) is 24.4 Å². The van der Waals surface area contributed by atoms with Crippen LogP contribution >= 0.6 is 0 Å². The van der Waals surface area contributed by atoms with Crippen molar-refractivity contribution in [1.29, 1.82) is 0 Å². The van der Waals surface area contributed by atoms with Crippen LogP contribution in [0, 0.1) is 17.8 Å². The first-order valence-corrected chi connectivity index (χ1v) is 11.9. The number of hydrogen-bond donors (Lipinski definition) is 3. The number of para-hydroxylation sites is 1. The van der Waals surface area contributed by atoms with Crippen molar-refractivity contribution in [2.45, 2.75) is 39.3 Å². The Kier molecular flexibility index (Phi) is 8.58. The van der Waals surface area contributed by atoms with Crippen LogP contribution in [0.1, 0.15) is 38.8 Å². The highest BCUT2D eigenvalue weighted by Crippen LogP contribution is 2.24. The summed E-state index contributed by atoms with van der Waals surface area (Å²) in [5.74, 6) is -4.36. The highest BCUT2D eigenvalue weighted by atomic mass is 16.2. The van der Waals surface area contributed by atoms with Crippen molar-refractivity contribution in [2.75, 3.05) is 11.9 Å². The van der Waals surface area contributed by atoms with Crippen LogP contribution in [-0.4, -0.2) is 42.6 Å². The van der Waals surface area contributed by atoms with E-state index in [2.05, 4.69) is 16.0 Å². The maximum absolute atomic E-state index is 13.2.